The maximum atomic E-state index is 10.2. The minimum Gasteiger partial charge on any atom is -0.508 e. The van der Waals surface area contributed by atoms with Gasteiger partial charge in [0.05, 0.1) is 6.08 Å². The van der Waals surface area contributed by atoms with Crippen LogP contribution in [-0.4, -0.2) is 21.3 Å². The first-order chi connectivity index (χ1) is 7.08. The minimum atomic E-state index is -1.21. The number of hydrogen-bond donors (Lipinski definition) is 3. The molecular weight excluding hydrogens is 196 g/mol. The monoisotopic (exact) mass is 206 g/mol. The Hall–Kier alpha value is -2.23. The van der Waals surface area contributed by atoms with E-state index in [4.69, 9.17) is 15.3 Å². The van der Waals surface area contributed by atoms with Gasteiger partial charge in [0.1, 0.15) is 11.5 Å². The summed E-state index contributed by atoms with van der Waals surface area (Å²) in [5.74, 6) is -1.39. The molecule has 78 valence electrons. The van der Waals surface area contributed by atoms with Crippen molar-refractivity contribution in [3.05, 3.63) is 47.7 Å². The fourth-order valence-corrected chi connectivity index (χ4v) is 0.942. The lowest BCUT2D eigenvalue weighted by atomic mass is 10.2. The van der Waals surface area contributed by atoms with Crippen molar-refractivity contribution in [2.75, 3.05) is 0 Å². The van der Waals surface area contributed by atoms with Crippen LogP contribution >= 0.6 is 0 Å². The summed E-state index contributed by atoms with van der Waals surface area (Å²) in [4.78, 5) is 10.2. The number of benzene rings is 1. The molecule has 1 rings (SSSR count). The topological polar surface area (TPSA) is 77.8 Å². The second-order valence-corrected chi connectivity index (χ2v) is 2.83. The van der Waals surface area contributed by atoms with Crippen molar-refractivity contribution in [1.29, 1.82) is 0 Å². The van der Waals surface area contributed by atoms with Crippen LogP contribution in [0.1, 0.15) is 5.56 Å². The molecule has 0 heterocycles. The molecule has 3 N–H and O–H groups in total. The Morgan fingerprint density at radius 1 is 1.13 bits per heavy atom. The molecule has 4 heteroatoms. The molecule has 1 aromatic carbocycles. The fraction of sp³-hybridized carbons (Fsp3) is 0. The van der Waals surface area contributed by atoms with Crippen LogP contribution < -0.4 is 0 Å². The highest BCUT2D eigenvalue weighted by Gasteiger charge is 1.92. The number of carboxylic acids is 1. The average Bonchev–Trinajstić information content (AvgIpc) is 2.16. The Kier molecular flexibility index (Phi) is 3.51. The van der Waals surface area contributed by atoms with Gasteiger partial charge in [-0.25, -0.2) is 4.79 Å². The second kappa shape index (κ2) is 4.85. The molecule has 0 aliphatic heterocycles. The van der Waals surface area contributed by atoms with Crippen LogP contribution in [0.4, 0.5) is 0 Å². The van der Waals surface area contributed by atoms with Crippen molar-refractivity contribution in [2.45, 2.75) is 0 Å². The molecule has 0 saturated heterocycles. The highest BCUT2D eigenvalue weighted by Crippen LogP contribution is 2.11. The molecule has 0 spiro atoms. The normalized spacial score (nSPS) is 11.9. The quantitative estimate of drug-likeness (QED) is 0.401. The largest absolute Gasteiger partial charge is 0.508 e. The number of hydrogen-bond acceptors (Lipinski definition) is 3. The molecule has 0 saturated carbocycles. The smallest absolute Gasteiger partial charge is 0.332 e. The van der Waals surface area contributed by atoms with E-state index in [0.717, 1.165) is 5.56 Å². The minimum absolute atomic E-state index is 0.150. The number of allylic oxidation sites excluding steroid dienone is 1. The molecule has 4 nitrogen and oxygen atoms in total. The summed E-state index contributed by atoms with van der Waals surface area (Å²) in [5, 5.41) is 26.4. The van der Waals surface area contributed by atoms with E-state index in [0.29, 0.717) is 6.08 Å². The van der Waals surface area contributed by atoms with Gasteiger partial charge in [0.15, 0.2) is 0 Å². The first-order valence-electron chi connectivity index (χ1n) is 4.18. The van der Waals surface area contributed by atoms with E-state index in [9.17, 15) is 4.79 Å². The van der Waals surface area contributed by atoms with Crippen LogP contribution in [0, 0.1) is 0 Å². The predicted octanol–water partition coefficient (Wildman–Crippen LogP) is 1.93. The van der Waals surface area contributed by atoms with Crippen molar-refractivity contribution in [2.24, 2.45) is 0 Å². The molecule has 0 atom stereocenters. The number of aromatic hydroxyl groups is 1. The number of aliphatic hydroxyl groups is 1. The van der Waals surface area contributed by atoms with Crippen LogP contribution in [0.25, 0.3) is 6.08 Å². The van der Waals surface area contributed by atoms with Crippen LogP contribution in [0.15, 0.2) is 42.2 Å². The van der Waals surface area contributed by atoms with Crippen LogP contribution in [-0.2, 0) is 4.79 Å². The van der Waals surface area contributed by atoms with E-state index in [2.05, 4.69) is 0 Å². The molecule has 0 fully saturated rings. The number of rotatable bonds is 3. The van der Waals surface area contributed by atoms with E-state index < -0.39 is 5.97 Å². The highest BCUT2D eigenvalue weighted by atomic mass is 16.4. The lowest BCUT2D eigenvalue weighted by molar-refractivity contribution is -0.131. The number of phenolic OH excluding ortho intramolecular Hbond substituents is 1. The Labute approximate surface area is 86.4 Å². The predicted molar refractivity (Wildman–Crippen MR) is 55.5 cm³/mol. The Bertz CT molecular complexity index is 401. The van der Waals surface area contributed by atoms with Crippen molar-refractivity contribution >= 4 is 12.0 Å². The highest BCUT2D eigenvalue weighted by molar-refractivity contribution is 5.81. The zero-order valence-corrected chi connectivity index (χ0v) is 7.79. The maximum absolute atomic E-state index is 10.2. The van der Waals surface area contributed by atoms with Gasteiger partial charge in [-0.2, -0.15) is 0 Å². The maximum Gasteiger partial charge on any atom is 0.332 e. The zero-order chi connectivity index (χ0) is 11.3. The number of carboxylic acid groups (broad SMARTS) is 1. The lowest BCUT2D eigenvalue weighted by Gasteiger charge is -1.93. The standard InChI is InChI=1S/C11H10O4/c12-9-4-1-8(2-5-9)3-6-10(13)7-11(14)15/h1-7,12-13H,(H,14,15)/b6-3+,10-7+. The third kappa shape index (κ3) is 3.99. The Morgan fingerprint density at radius 2 is 1.73 bits per heavy atom. The Balaban J connectivity index is 2.73. The van der Waals surface area contributed by atoms with Gasteiger partial charge in [-0.15, -0.1) is 0 Å². The molecule has 0 unspecified atom stereocenters. The summed E-state index contributed by atoms with van der Waals surface area (Å²) < 4.78 is 0. The van der Waals surface area contributed by atoms with Gasteiger partial charge in [-0.3, -0.25) is 0 Å². The van der Waals surface area contributed by atoms with Crippen LogP contribution in [0.5, 0.6) is 5.75 Å². The molecule has 0 amide bonds. The molecule has 0 aromatic heterocycles. The number of aliphatic carboxylic acids is 1. The van der Waals surface area contributed by atoms with Gasteiger partial charge in [-0.1, -0.05) is 18.2 Å². The summed E-state index contributed by atoms with van der Waals surface area (Å²) in [6.07, 6.45) is 3.49. The molecule has 0 aliphatic rings. The van der Waals surface area contributed by atoms with Crippen molar-refractivity contribution in [1.82, 2.24) is 0 Å². The van der Waals surface area contributed by atoms with E-state index >= 15 is 0 Å². The lowest BCUT2D eigenvalue weighted by Crippen LogP contribution is -1.89. The third-order valence-electron chi connectivity index (χ3n) is 1.61. The van der Waals surface area contributed by atoms with Gasteiger partial charge in [0.25, 0.3) is 0 Å². The summed E-state index contributed by atoms with van der Waals surface area (Å²) in [6, 6.07) is 6.27. The molecule has 0 aliphatic carbocycles. The van der Waals surface area contributed by atoms with Gasteiger partial charge in [-0.05, 0) is 23.8 Å². The summed E-state index contributed by atoms with van der Waals surface area (Å²) in [5.41, 5.74) is 0.748. The molecule has 1 aromatic rings. The first kappa shape index (κ1) is 10.8. The third-order valence-corrected chi connectivity index (χ3v) is 1.61. The Morgan fingerprint density at radius 3 is 2.27 bits per heavy atom. The summed E-state index contributed by atoms with van der Waals surface area (Å²) in [7, 11) is 0. The van der Waals surface area contributed by atoms with Crippen LogP contribution in [0.2, 0.25) is 0 Å². The van der Waals surface area contributed by atoms with Crippen molar-refractivity contribution in [3.63, 3.8) is 0 Å². The SMILES string of the molecule is O=C(O)/C=C(O)\C=C\c1ccc(O)cc1. The summed E-state index contributed by atoms with van der Waals surface area (Å²) in [6.45, 7) is 0. The van der Waals surface area contributed by atoms with Gasteiger partial charge < -0.3 is 15.3 Å². The van der Waals surface area contributed by atoms with Crippen molar-refractivity contribution < 1.29 is 20.1 Å². The van der Waals surface area contributed by atoms with E-state index in [-0.39, 0.29) is 11.5 Å². The number of aliphatic hydroxyl groups excluding tert-OH is 1. The molecule has 0 radical (unpaired) electrons. The van der Waals surface area contributed by atoms with Gasteiger partial charge in [0, 0.05) is 0 Å². The second-order valence-electron chi connectivity index (χ2n) is 2.83. The van der Waals surface area contributed by atoms with E-state index in [1.165, 1.54) is 24.3 Å². The summed E-state index contributed by atoms with van der Waals surface area (Å²) >= 11 is 0. The average molecular weight is 206 g/mol. The van der Waals surface area contributed by atoms with Gasteiger partial charge in [0.2, 0.25) is 0 Å². The van der Waals surface area contributed by atoms with E-state index in [1.54, 1.807) is 12.1 Å². The zero-order valence-electron chi connectivity index (χ0n) is 7.79. The van der Waals surface area contributed by atoms with E-state index in [1.807, 2.05) is 0 Å². The van der Waals surface area contributed by atoms with Crippen LogP contribution in [0.3, 0.4) is 0 Å². The molecular formula is C11H10O4. The first-order valence-corrected chi connectivity index (χ1v) is 4.18. The molecule has 0 bridgehead atoms. The number of carbonyl (C=O) groups is 1. The molecule has 15 heavy (non-hydrogen) atoms. The number of phenols is 1. The fourth-order valence-electron chi connectivity index (χ4n) is 0.942. The van der Waals surface area contributed by atoms with Gasteiger partial charge >= 0.3 is 5.97 Å². The van der Waals surface area contributed by atoms with Crippen molar-refractivity contribution in [3.8, 4) is 5.75 Å².